The summed E-state index contributed by atoms with van der Waals surface area (Å²) in [4.78, 5) is 9.12. The van der Waals surface area contributed by atoms with Crippen LogP contribution in [0.25, 0.3) is 11.4 Å². The second-order valence-corrected chi connectivity index (χ2v) is 7.88. The van der Waals surface area contributed by atoms with Crippen molar-refractivity contribution in [3.05, 3.63) is 47.8 Å². The van der Waals surface area contributed by atoms with E-state index in [0.717, 1.165) is 37.1 Å². The van der Waals surface area contributed by atoms with Gasteiger partial charge in [0.05, 0.1) is 6.17 Å². The van der Waals surface area contributed by atoms with Gasteiger partial charge in [0.2, 0.25) is 0 Å². The van der Waals surface area contributed by atoms with E-state index in [4.69, 9.17) is 0 Å². The van der Waals surface area contributed by atoms with Gasteiger partial charge in [0.25, 0.3) is 0 Å². The van der Waals surface area contributed by atoms with Crippen molar-refractivity contribution < 1.29 is 4.39 Å². The molecule has 1 aromatic heterocycles. The molecular formula is C25H37FN2. The molecule has 2 rings (SSSR count). The maximum atomic E-state index is 13.2. The average molecular weight is 385 g/mol. The Labute approximate surface area is 171 Å². The van der Waals surface area contributed by atoms with Crippen LogP contribution in [0.1, 0.15) is 89.2 Å². The van der Waals surface area contributed by atoms with Gasteiger partial charge in [-0.2, -0.15) is 0 Å². The second-order valence-electron chi connectivity index (χ2n) is 7.88. The van der Waals surface area contributed by atoms with Gasteiger partial charge in [-0.15, -0.1) is 0 Å². The molecule has 0 aliphatic heterocycles. The van der Waals surface area contributed by atoms with Crippen LogP contribution in [0.2, 0.25) is 0 Å². The smallest absolute Gasteiger partial charge is 0.159 e. The van der Waals surface area contributed by atoms with E-state index in [0.29, 0.717) is 12.8 Å². The minimum absolute atomic E-state index is 0.631. The van der Waals surface area contributed by atoms with Crippen LogP contribution < -0.4 is 0 Å². The molecule has 154 valence electrons. The predicted molar refractivity (Wildman–Crippen MR) is 117 cm³/mol. The summed E-state index contributed by atoms with van der Waals surface area (Å²) in [5.41, 5.74) is 3.59. The molecule has 1 unspecified atom stereocenters. The maximum Gasteiger partial charge on any atom is 0.159 e. The third-order valence-corrected chi connectivity index (χ3v) is 5.41. The molecule has 0 aliphatic carbocycles. The van der Waals surface area contributed by atoms with E-state index in [1.165, 1.54) is 49.7 Å². The molecule has 0 saturated carbocycles. The molecule has 1 heterocycles. The lowest BCUT2D eigenvalue weighted by molar-refractivity contribution is 0.297. The minimum atomic E-state index is -0.636. The molecule has 0 bridgehead atoms. The van der Waals surface area contributed by atoms with Crippen LogP contribution in [0.15, 0.2) is 36.7 Å². The first kappa shape index (κ1) is 22.5. The Morgan fingerprint density at radius 2 is 1.36 bits per heavy atom. The lowest BCUT2D eigenvalue weighted by atomic mass is 10.0. The SMILES string of the molecule is CCCCCCCCc1cnc(-c2ccc(CCCCC(F)CC)cc2)nc1. The highest BCUT2D eigenvalue weighted by Crippen LogP contribution is 2.18. The third kappa shape index (κ3) is 8.50. The highest BCUT2D eigenvalue weighted by Gasteiger charge is 2.04. The van der Waals surface area contributed by atoms with E-state index in [1.54, 1.807) is 0 Å². The Hall–Kier alpha value is -1.77. The maximum absolute atomic E-state index is 13.2. The number of hydrogen-bond acceptors (Lipinski definition) is 2. The molecule has 2 aromatic rings. The standard InChI is InChI=1S/C25H37FN2/c1-3-5-6-7-8-9-13-22-19-27-25(28-20-22)23-17-15-21(16-18-23)12-10-11-14-24(26)4-2/h15-20,24H,3-14H2,1-2H3. The van der Waals surface area contributed by atoms with Crippen molar-refractivity contribution in [2.24, 2.45) is 0 Å². The molecular weight excluding hydrogens is 347 g/mol. The largest absolute Gasteiger partial charge is 0.248 e. The first-order valence-corrected chi connectivity index (χ1v) is 11.3. The molecule has 2 nitrogen and oxygen atoms in total. The van der Waals surface area contributed by atoms with Gasteiger partial charge in [0.1, 0.15) is 0 Å². The number of aryl methyl sites for hydroxylation is 2. The van der Waals surface area contributed by atoms with Gasteiger partial charge in [-0.05, 0) is 49.7 Å². The van der Waals surface area contributed by atoms with Gasteiger partial charge >= 0.3 is 0 Å². The van der Waals surface area contributed by atoms with Crippen LogP contribution >= 0.6 is 0 Å². The number of alkyl halides is 1. The summed E-state index contributed by atoms with van der Waals surface area (Å²) in [6.45, 7) is 4.16. The monoisotopic (exact) mass is 384 g/mol. The topological polar surface area (TPSA) is 25.8 Å². The Bertz CT molecular complexity index is 637. The van der Waals surface area contributed by atoms with Crippen molar-refractivity contribution >= 4 is 0 Å². The molecule has 3 heteroatoms. The quantitative estimate of drug-likeness (QED) is 0.315. The van der Waals surface area contributed by atoms with Gasteiger partial charge in [-0.25, -0.2) is 14.4 Å². The van der Waals surface area contributed by atoms with Gasteiger partial charge in [-0.1, -0.05) is 76.6 Å². The second kappa shape index (κ2) is 13.4. The number of halogens is 1. The van der Waals surface area contributed by atoms with Crippen molar-refractivity contribution in [2.45, 2.75) is 97.1 Å². The highest BCUT2D eigenvalue weighted by molar-refractivity contribution is 5.55. The van der Waals surface area contributed by atoms with Crippen molar-refractivity contribution in [1.29, 1.82) is 0 Å². The van der Waals surface area contributed by atoms with Gasteiger partial charge < -0.3 is 0 Å². The number of hydrogen-bond donors (Lipinski definition) is 0. The number of aromatic nitrogens is 2. The fourth-order valence-corrected chi connectivity index (χ4v) is 3.46. The van der Waals surface area contributed by atoms with Crippen molar-refractivity contribution in [2.75, 3.05) is 0 Å². The number of rotatable bonds is 14. The Balaban J connectivity index is 1.74. The molecule has 0 radical (unpaired) electrons. The molecule has 1 atom stereocenters. The number of nitrogens with zero attached hydrogens (tertiary/aromatic N) is 2. The van der Waals surface area contributed by atoms with Crippen LogP contribution in [0.4, 0.5) is 4.39 Å². The summed E-state index contributed by atoms with van der Waals surface area (Å²) in [7, 11) is 0. The fraction of sp³-hybridized carbons (Fsp3) is 0.600. The van der Waals surface area contributed by atoms with Crippen LogP contribution in [-0.2, 0) is 12.8 Å². The lowest BCUT2D eigenvalue weighted by Gasteiger charge is -2.06. The summed E-state index contributed by atoms with van der Waals surface area (Å²) in [5, 5.41) is 0. The van der Waals surface area contributed by atoms with Crippen molar-refractivity contribution in [3.8, 4) is 11.4 Å². The van der Waals surface area contributed by atoms with Crippen LogP contribution in [0, 0.1) is 0 Å². The van der Waals surface area contributed by atoms with Crippen molar-refractivity contribution in [3.63, 3.8) is 0 Å². The Morgan fingerprint density at radius 3 is 2.04 bits per heavy atom. The summed E-state index contributed by atoms with van der Waals surface area (Å²) in [5.74, 6) is 0.793. The lowest BCUT2D eigenvalue weighted by Crippen LogP contribution is -1.97. The normalized spacial score (nSPS) is 12.2. The van der Waals surface area contributed by atoms with Crippen LogP contribution in [-0.4, -0.2) is 16.1 Å². The Morgan fingerprint density at radius 1 is 0.750 bits per heavy atom. The zero-order chi connectivity index (χ0) is 20.0. The molecule has 28 heavy (non-hydrogen) atoms. The van der Waals surface area contributed by atoms with Crippen LogP contribution in [0.5, 0.6) is 0 Å². The van der Waals surface area contributed by atoms with E-state index in [1.807, 2.05) is 19.3 Å². The average Bonchev–Trinajstić information content (AvgIpc) is 2.74. The summed E-state index contributed by atoms with van der Waals surface area (Å²) in [6, 6.07) is 8.50. The van der Waals surface area contributed by atoms with E-state index >= 15 is 0 Å². The van der Waals surface area contributed by atoms with E-state index < -0.39 is 6.17 Å². The molecule has 0 N–H and O–H groups in total. The zero-order valence-electron chi connectivity index (χ0n) is 17.8. The van der Waals surface area contributed by atoms with E-state index in [-0.39, 0.29) is 0 Å². The van der Waals surface area contributed by atoms with E-state index in [2.05, 4.69) is 41.2 Å². The molecule has 1 aromatic carbocycles. The van der Waals surface area contributed by atoms with Gasteiger partial charge in [0, 0.05) is 18.0 Å². The molecule has 0 amide bonds. The molecule has 0 saturated heterocycles. The third-order valence-electron chi connectivity index (χ3n) is 5.41. The van der Waals surface area contributed by atoms with Crippen molar-refractivity contribution in [1.82, 2.24) is 9.97 Å². The predicted octanol–water partition coefficient (Wildman–Crippen LogP) is 7.51. The fourth-order valence-electron chi connectivity index (χ4n) is 3.46. The molecule has 0 spiro atoms. The number of unbranched alkanes of at least 4 members (excludes halogenated alkanes) is 6. The molecule has 0 aliphatic rings. The summed E-state index contributed by atoms with van der Waals surface area (Å²) >= 11 is 0. The molecule has 0 fully saturated rings. The summed E-state index contributed by atoms with van der Waals surface area (Å²) < 4.78 is 13.2. The van der Waals surface area contributed by atoms with Crippen LogP contribution in [0.3, 0.4) is 0 Å². The first-order chi connectivity index (χ1) is 13.7. The first-order valence-electron chi connectivity index (χ1n) is 11.3. The minimum Gasteiger partial charge on any atom is -0.248 e. The van der Waals surface area contributed by atoms with Gasteiger partial charge in [-0.3, -0.25) is 0 Å². The Kier molecular flexibility index (Phi) is 10.8. The van der Waals surface area contributed by atoms with E-state index in [9.17, 15) is 4.39 Å². The van der Waals surface area contributed by atoms with Gasteiger partial charge in [0.15, 0.2) is 5.82 Å². The zero-order valence-corrected chi connectivity index (χ0v) is 17.8. The number of benzene rings is 1. The summed E-state index contributed by atoms with van der Waals surface area (Å²) in [6.07, 6.45) is 16.6. The highest BCUT2D eigenvalue weighted by atomic mass is 19.1.